The first-order valence-corrected chi connectivity index (χ1v) is 8.28. The summed E-state index contributed by atoms with van der Waals surface area (Å²) in [5.74, 6) is -1.36. The van der Waals surface area contributed by atoms with Gasteiger partial charge in [-0.05, 0) is 24.3 Å². The molecule has 2 amide bonds. The van der Waals surface area contributed by atoms with E-state index in [1.54, 1.807) is 6.92 Å². The van der Waals surface area contributed by atoms with Crippen molar-refractivity contribution < 1.29 is 19.5 Å². The molecule has 0 aliphatic rings. The number of carboxylic acid groups (broad SMARTS) is 1. The van der Waals surface area contributed by atoms with E-state index in [1.807, 2.05) is 44.2 Å². The van der Waals surface area contributed by atoms with E-state index >= 15 is 0 Å². The van der Waals surface area contributed by atoms with E-state index in [0.29, 0.717) is 12.8 Å². The summed E-state index contributed by atoms with van der Waals surface area (Å²) < 4.78 is 0. The van der Waals surface area contributed by atoms with Gasteiger partial charge in [0.2, 0.25) is 11.8 Å². The van der Waals surface area contributed by atoms with E-state index in [1.165, 1.54) is 0 Å². The second-order valence-corrected chi connectivity index (χ2v) is 6.14. The summed E-state index contributed by atoms with van der Waals surface area (Å²) in [4.78, 5) is 32.7. The minimum atomic E-state index is -0.745. The second-order valence-electron chi connectivity index (χ2n) is 6.14. The molecule has 0 bridgehead atoms. The Hall–Kier alpha value is -2.41. The number of carboxylic acids is 1. The maximum absolute atomic E-state index is 12.0. The fourth-order valence-electron chi connectivity index (χ4n) is 1.96. The first-order chi connectivity index (χ1) is 11.7. The first kappa shape index (κ1) is 22.6. The fourth-order valence-corrected chi connectivity index (χ4v) is 1.96. The molecule has 7 nitrogen and oxygen atoms in total. The summed E-state index contributed by atoms with van der Waals surface area (Å²) in [6.45, 7) is 5.53. The molecule has 0 saturated heterocycles. The van der Waals surface area contributed by atoms with Crippen LogP contribution in [0.2, 0.25) is 0 Å². The Balaban J connectivity index is 0.00000101. The molecule has 1 rings (SSSR count). The monoisotopic (exact) mass is 351 g/mol. The summed E-state index contributed by atoms with van der Waals surface area (Å²) in [5.41, 5.74) is 12.1. The highest BCUT2D eigenvalue weighted by molar-refractivity contribution is 5.89. The van der Waals surface area contributed by atoms with Crippen LogP contribution in [-0.4, -0.2) is 35.0 Å². The molecule has 1 aromatic carbocycles. The maximum Gasteiger partial charge on any atom is 0.303 e. The average Bonchev–Trinajstić information content (AvgIpc) is 2.55. The van der Waals surface area contributed by atoms with Crippen molar-refractivity contribution in [3.63, 3.8) is 0 Å². The number of carbonyl (C=O) groups is 3. The summed E-state index contributed by atoms with van der Waals surface area (Å²) in [5, 5.41) is 10.4. The lowest BCUT2D eigenvalue weighted by molar-refractivity contribution is -0.136. The number of benzene rings is 1. The Bertz CT molecular complexity index is 547. The molecular weight excluding hydrogens is 322 g/mol. The molecule has 6 N–H and O–H groups in total. The van der Waals surface area contributed by atoms with Crippen LogP contribution in [0.1, 0.15) is 39.2 Å². The summed E-state index contributed by atoms with van der Waals surface area (Å²) >= 11 is 0. The number of nitrogens with two attached hydrogens (primary N) is 2. The second kappa shape index (κ2) is 12.0. The normalized spacial score (nSPS) is 12.5. The van der Waals surface area contributed by atoms with E-state index in [2.05, 4.69) is 5.32 Å². The molecule has 7 heteroatoms. The number of amides is 2. The minimum absolute atomic E-state index is 0.222. The van der Waals surface area contributed by atoms with Gasteiger partial charge in [-0.2, -0.15) is 0 Å². The molecule has 0 heterocycles. The van der Waals surface area contributed by atoms with Gasteiger partial charge in [0.15, 0.2) is 0 Å². The van der Waals surface area contributed by atoms with E-state index < -0.39 is 24.0 Å². The van der Waals surface area contributed by atoms with Crippen LogP contribution < -0.4 is 16.8 Å². The third-order valence-corrected chi connectivity index (χ3v) is 3.30. The van der Waals surface area contributed by atoms with Crippen molar-refractivity contribution in [2.75, 3.05) is 0 Å². The largest absolute Gasteiger partial charge is 0.481 e. The third-order valence-electron chi connectivity index (χ3n) is 3.30. The molecule has 0 fully saturated rings. The Morgan fingerprint density at radius 2 is 1.68 bits per heavy atom. The molecule has 0 radical (unpaired) electrons. The van der Waals surface area contributed by atoms with Crippen LogP contribution in [0.4, 0.5) is 0 Å². The van der Waals surface area contributed by atoms with E-state index in [9.17, 15) is 14.4 Å². The van der Waals surface area contributed by atoms with E-state index in [-0.39, 0.29) is 18.2 Å². The lowest BCUT2D eigenvalue weighted by Crippen LogP contribution is -2.51. The summed E-state index contributed by atoms with van der Waals surface area (Å²) in [6.07, 6.45) is 1.17. The van der Waals surface area contributed by atoms with Gasteiger partial charge in [-0.25, -0.2) is 0 Å². The van der Waals surface area contributed by atoms with Crippen LogP contribution in [-0.2, 0) is 20.8 Å². The fraction of sp³-hybridized carbons (Fsp3) is 0.500. The van der Waals surface area contributed by atoms with Crippen molar-refractivity contribution in [2.45, 2.75) is 52.1 Å². The molecule has 140 valence electrons. The van der Waals surface area contributed by atoms with Gasteiger partial charge in [-0.1, -0.05) is 51.1 Å². The molecule has 2 atom stereocenters. The Labute approximate surface area is 148 Å². The van der Waals surface area contributed by atoms with Crippen molar-refractivity contribution in [1.29, 1.82) is 0 Å². The van der Waals surface area contributed by atoms with Crippen LogP contribution in [0.5, 0.6) is 0 Å². The standard InChI is InChI=1S/C15H23N3O2.C3H6O2/c1-10(2)8-13(14(17)19)18-15(20)12(16)9-11-6-4-3-5-7-11;1-2-3(4)5/h3-7,10,12-13H,8-9,16H2,1-2H3,(H2,17,19)(H,18,20);2H2,1H3,(H,4,5)/t12-,13-;/m1./s1. The molecule has 25 heavy (non-hydrogen) atoms. The number of primary amides is 1. The quantitative estimate of drug-likeness (QED) is 0.555. The number of carbonyl (C=O) groups excluding carboxylic acids is 2. The summed E-state index contributed by atoms with van der Waals surface area (Å²) in [6, 6.07) is 8.16. The van der Waals surface area contributed by atoms with E-state index in [0.717, 1.165) is 5.56 Å². The zero-order valence-corrected chi connectivity index (χ0v) is 15.1. The van der Waals surface area contributed by atoms with Gasteiger partial charge in [-0.15, -0.1) is 0 Å². The van der Waals surface area contributed by atoms with Crippen LogP contribution >= 0.6 is 0 Å². The zero-order valence-electron chi connectivity index (χ0n) is 15.1. The Morgan fingerprint density at radius 1 is 1.16 bits per heavy atom. The van der Waals surface area contributed by atoms with Crippen molar-refractivity contribution in [2.24, 2.45) is 17.4 Å². The van der Waals surface area contributed by atoms with E-state index in [4.69, 9.17) is 16.6 Å². The lowest BCUT2D eigenvalue weighted by atomic mass is 10.0. The SMILES string of the molecule is CC(C)C[C@@H](NC(=O)[C@H](N)Cc1ccccc1)C(N)=O.CCC(=O)O. The highest BCUT2D eigenvalue weighted by Crippen LogP contribution is 2.06. The number of nitrogens with one attached hydrogen (secondary N) is 1. The topological polar surface area (TPSA) is 136 Å². The lowest BCUT2D eigenvalue weighted by Gasteiger charge is -2.20. The van der Waals surface area contributed by atoms with Gasteiger partial charge in [0, 0.05) is 6.42 Å². The average molecular weight is 351 g/mol. The van der Waals surface area contributed by atoms with Gasteiger partial charge in [0.1, 0.15) is 6.04 Å². The predicted octanol–water partition coefficient (Wildman–Crippen LogP) is 1.05. The highest BCUT2D eigenvalue weighted by Gasteiger charge is 2.22. The number of aliphatic carboxylic acids is 1. The first-order valence-electron chi connectivity index (χ1n) is 8.28. The van der Waals surface area contributed by atoms with Crippen molar-refractivity contribution in [3.8, 4) is 0 Å². The Morgan fingerprint density at radius 3 is 2.08 bits per heavy atom. The number of hydrogen-bond donors (Lipinski definition) is 4. The van der Waals surface area contributed by atoms with Gasteiger partial charge >= 0.3 is 5.97 Å². The zero-order chi connectivity index (χ0) is 19.4. The maximum atomic E-state index is 12.0. The van der Waals surface area contributed by atoms with Gasteiger partial charge in [0.05, 0.1) is 6.04 Å². The molecule has 0 aliphatic carbocycles. The van der Waals surface area contributed by atoms with Gasteiger partial charge in [-0.3, -0.25) is 14.4 Å². The molecule has 0 aromatic heterocycles. The van der Waals surface area contributed by atoms with Crippen molar-refractivity contribution >= 4 is 17.8 Å². The molecule has 1 aromatic rings. The molecule has 0 spiro atoms. The summed E-state index contributed by atoms with van der Waals surface area (Å²) in [7, 11) is 0. The minimum Gasteiger partial charge on any atom is -0.481 e. The molecular formula is C18H29N3O4. The molecule has 0 aliphatic heterocycles. The van der Waals surface area contributed by atoms with Crippen molar-refractivity contribution in [1.82, 2.24) is 5.32 Å². The van der Waals surface area contributed by atoms with Crippen molar-refractivity contribution in [3.05, 3.63) is 35.9 Å². The number of hydrogen-bond acceptors (Lipinski definition) is 4. The predicted molar refractivity (Wildman–Crippen MR) is 96.6 cm³/mol. The Kier molecular flexibility index (Phi) is 10.9. The van der Waals surface area contributed by atoms with Crippen LogP contribution in [0.15, 0.2) is 30.3 Å². The van der Waals surface area contributed by atoms with Crippen LogP contribution in [0.25, 0.3) is 0 Å². The number of rotatable bonds is 8. The third kappa shape index (κ3) is 10.9. The van der Waals surface area contributed by atoms with Gasteiger partial charge in [0.25, 0.3) is 0 Å². The molecule has 0 saturated carbocycles. The van der Waals surface area contributed by atoms with Gasteiger partial charge < -0.3 is 21.9 Å². The smallest absolute Gasteiger partial charge is 0.303 e. The van der Waals surface area contributed by atoms with Crippen LogP contribution in [0.3, 0.4) is 0 Å². The molecule has 0 unspecified atom stereocenters. The van der Waals surface area contributed by atoms with Crippen LogP contribution in [0, 0.1) is 5.92 Å². The highest BCUT2D eigenvalue weighted by atomic mass is 16.4.